The van der Waals surface area contributed by atoms with E-state index < -0.39 is 29.2 Å². The van der Waals surface area contributed by atoms with Crippen LogP contribution in [0.15, 0.2) is 53.9 Å². The third-order valence-corrected chi connectivity index (χ3v) is 3.46. The van der Waals surface area contributed by atoms with E-state index in [4.69, 9.17) is 0 Å². The highest BCUT2D eigenvalue weighted by Gasteiger charge is 2.21. The van der Waals surface area contributed by atoms with Gasteiger partial charge in [0.2, 0.25) is 11.7 Å². The maximum absolute atomic E-state index is 14.6. The maximum atomic E-state index is 14.6. The van der Waals surface area contributed by atoms with Crippen LogP contribution in [0.2, 0.25) is 0 Å². The predicted molar refractivity (Wildman–Crippen MR) is 106 cm³/mol. The number of benzene rings is 1. The number of amides is 1. The summed E-state index contributed by atoms with van der Waals surface area (Å²) < 4.78 is 45.0. The van der Waals surface area contributed by atoms with Gasteiger partial charge >= 0.3 is 5.71 Å². The molecule has 0 aromatic heterocycles. The fraction of sp³-hybridized carbons (Fsp3) is 0.238. The van der Waals surface area contributed by atoms with Gasteiger partial charge < -0.3 is 5.32 Å². The van der Waals surface area contributed by atoms with Crippen molar-refractivity contribution in [2.24, 2.45) is 0 Å². The summed E-state index contributed by atoms with van der Waals surface area (Å²) in [5, 5.41) is 2.31. The maximum Gasteiger partial charge on any atom is 0.364 e. The Balaban J connectivity index is 3.12. The molecule has 0 atom stereocenters. The molecular formula is C21H22F3N2O2+. The van der Waals surface area contributed by atoms with E-state index in [2.05, 4.69) is 16.6 Å². The first-order chi connectivity index (χ1) is 13.2. The Hall–Kier alpha value is -3.18. The lowest BCUT2D eigenvalue weighted by Gasteiger charge is -2.06. The van der Waals surface area contributed by atoms with E-state index in [1.165, 1.54) is 13.1 Å². The lowest BCUT2D eigenvalue weighted by atomic mass is 10.0. The summed E-state index contributed by atoms with van der Waals surface area (Å²) in [6.07, 6.45) is 3.62. The molecule has 1 aromatic carbocycles. The van der Waals surface area contributed by atoms with Crippen molar-refractivity contribution in [2.75, 3.05) is 5.32 Å². The molecule has 0 aliphatic rings. The topological polar surface area (TPSA) is 60.3 Å². The van der Waals surface area contributed by atoms with Gasteiger partial charge in [-0.2, -0.15) is 4.39 Å². The van der Waals surface area contributed by atoms with E-state index in [1.807, 2.05) is 0 Å². The molecule has 0 aliphatic carbocycles. The molecule has 0 saturated carbocycles. The molecule has 7 heteroatoms. The lowest BCUT2D eigenvalue weighted by Crippen LogP contribution is -2.13. The van der Waals surface area contributed by atoms with Crippen LogP contribution in [0, 0.1) is 11.6 Å². The summed E-state index contributed by atoms with van der Waals surface area (Å²) in [4.78, 5) is 23.6. The minimum Gasteiger partial charge on any atom is -0.326 e. The van der Waals surface area contributed by atoms with Crippen molar-refractivity contribution in [1.29, 1.82) is 0 Å². The Morgan fingerprint density at radius 3 is 2.29 bits per heavy atom. The number of carbonyl (C=O) groups excluding carboxylic acids is 2. The van der Waals surface area contributed by atoms with Gasteiger partial charge in [-0.3, -0.25) is 9.59 Å². The Morgan fingerprint density at radius 1 is 1.18 bits per heavy atom. The van der Waals surface area contributed by atoms with E-state index in [0.717, 1.165) is 24.3 Å². The number of ketones is 1. The molecule has 0 radical (unpaired) electrons. The first-order valence-electron chi connectivity index (χ1n) is 8.54. The Labute approximate surface area is 161 Å². The molecule has 1 amide bonds. The quantitative estimate of drug-likeness (QED) is 0.312. The van der Waals surface area contributed by atoms with E-state index in [9.17, 15) is 22.8 Å². The zero-order valence-electron chi connectivity index (χ0n) is 16.0. The molecule has 148 valence electrons. The molecule has 0 bridgehead atoms. The third kappa shape index (κ3) is 7.60. The largest absolute Gasteiger partial charge is 0.364 e. The van der Waals surface area contributed by atoms with Gasteiger partial charge in [-0.15, -0.1) is 0 Å². The van der Waals surface area contributed by atoms with Crippen LogP contribution in [-0.2, 0) is 9.59 Å². The summed E-state index contributed by atoms with van der Waals surface area (Å²) in [7, 11) is 0. The summed E-state index contributed by atoms with van der Waals surface area (Å²) >= 11 is 0. The van der Waals surface area contributed by atoms with Crippen LogP contribution in [0.3, 0.4) is 0 Å². The Morgan fingerprint density at radius 2 is 1.79 bits per heavy atom. The van der Waals surface area contributed by atoms with Gasteiger partial charge in [0, 0.05) is 24.3 Å². The summed E-state index contributed by atoms with van der Waals surface area (Å²) in [6.45, 7) is 8.41. The van der Waals surface area contributed by atoms with Gasteiger partial charge in [0.15, 0.2) is 5.78 Å². The normalized spacial score (nSPS) is 11.5. The van der Waals surface area contributed by atoms with Crippen LogP contribution in [0.5, 0.6) is 0 Å². The molecule has 4 nitrogen and oxygen atoms in total. The number of nitrogens with one attached hydrogen (secondary N) is 1. The molecule has 0 unspecified atom stereocenters. The molecular weight excluding hydrogens is 369 g/mol. The Kier molecular flexibility index (Phi) is 8.85. The van der Waals surface area contributed by atoms with Gasteiger partial charge in [-0.25, -0.2) is 8.78 Å². The summed E-state index contributed by atoms with van der Waals surface area (Å²) in [6, 6.07) is 2.55. The summed E-state index contributed by atoms with van der Waals surface area (Å²) in [5.41, 5.74) is 0.462. The van der Waals surface area contributed by atoms with Crippen LogP contribution in [0.25, 0.3) is 0 Å². The number of hydrogen-bond donors (Lipinski definition) is 1. The zero-order chi connectivity index (χ0) is 21.3. The second-order valence-electron chi connectivity index (χ2n) is 5.90. The van der Waals surface area contributed by atoms with Crippen LogP contribution in [0.1, 0.15) is 33.6 Å². The first kappa shape index (κ1) is 22.9. The molecule has 28 heavy (non-hydrogen) atoms. The van der Waals surface area contributed by atoms with Gasteiger partial charge in [0.05, 0.1) is 6.42 Å². The third-order valence-electron chi connectivity index (χ3n) is 3.46. The number of nitrogens with zero attached hydrogens (tertiary/aromatic N) is 1. The smallest absolute Gasteiger partial charge is 0.326 e. The number of rotatable bonds is 8. The molecule has 1 rings (SSSR count). The molecule has 0 aliphatic heterocycles. The number of carbonyl (C=O) groups is 2. The van der Waals surface area contributed by atoms with Crippen LogP contribution >= 0.6 is 0 Å². The van der Waals surface area contributed by atoms with Gasteiger partial charge in [0.25, 0.3) is 6.21 Å². The molecule has 0 saturated heterocycles. The molecule has 1 aromatic rings. The highest BCUT2D eigenvalue weighted by Crippen LogP contribution is 2.17. The second-order valence-corrected chi connectivity index (χ2v) is 5.90. The highest BCUT2D eigenvalue weighted by atomic mass is 19.1. The standard InChI is InChI=1S/C21H21F3N2O2/c1-5-13(3)21(25-6-2)19(24)8-15(7-14(4)27)9-20(28)26-18-11-16(22)10-17(23)12-18/h6-8,10-12H,3,5,9H2,1-2,4H3/p+1. The number of allylic oxidation sites excluding steroid dienone is 4. The number of hydrogen-bond acceptors (Lipinski definition) is 2. The first-order valence-corrected chi connectivity index (χ1v) is 8.54. The van der Waals surface area contributed by atoms with Gasteiger partial charge in [-0.05, 0) is 43.2 Å². The lowest BCUT2D eigenvalue weighted by molar-refractivity contribution is -0.115. The van der Waals surface area contributed by atoms with Crippen molar-refractivity contribution < 1.29 is 22.8 Å². The Bertz CT molecular complexity index is 888. The second kappa shape index (κ2) is 10.8. The molecule has 0 heterocycles. The summed E-state index contributed by atoms with van der Waals surface area (Å²) in [5.74, 6) is -3.51. The van der Waals surface area contributed by atoms with Crippen LogP contribution in [0.4, 0.5) is 18.9 Å². The zero-order valence-corrected chi connectivity index (χ0v) is 16.0. The van der Waals surface area contributed by atoms with E-state index in [1.54, 1.807) is 13.8 Å². The SMILES string of the molecule is C=C(CC)C(=[N+]=CC)C(F)=CC(=CC(C)=O)CC(=O)Nc1cc(F)cc(F)c1. The van der Waals surface area contributed by atoms with Crippen molar-refractivity contribution in [1.82, 2.24) is 4.67 Å². The average Bonchev–Trinajstić information content (AvgIpc) is 2.57. The van der Waals surface area contributed by atoms with Crippen LogP contribution < -0.4 is 9.98 Å². The molecule has 1 N–H and O–H groups in total. The minimum absolute atomic E-state index is 0.0204. The monoisotopic (exact) mass is 391 g/mol. The van der Waals surface area contributed by atoms with Gasteiger partial charge in [-0.1, -0.05) is 18.2 Å². The fourth-order valence-electron chi connectivity index (χ4n) is 2.27. The number of anilines is 1. The van der Waals surface area contributed by atoms with Crippen molar-refractivity contribution in [3.8, 4) is 0 Å². The van der Waals surface area contributed by atoms with Crippen molar-refractivity contribution in [2.45, 2.75) is 33.6 Å². The number of halogens is 3. The molecule has 0 spiro atoms. The van der Waals surface area contributed by atoms with Crippen molar-refractivity contribution >= 4 is 29.3 Å². The minimum atomic E-state index is -0.851. The fourth-order valence-corrected chi connectivity index (χ4v) is 2.27. The van der Waals surface area contributed by atoms with Crippen molar-refractivity contribution in [3.05, 3.63) is 65.5 Å². The van der Waals surface area contributed by atoms with Gasteiger partial charge in [0.1, 0.15) is 11.6 Å². The van der Waals surface area contributed by atoms with Crippen LogP contribution in [-0.4, -0.2) is 23.6 Å². The van der Waals surface area contributed by atoms with E-state index in [0.29, 0.717) is 18.1 Å². The van der Waals surface area contributed by atoms with E-state index >= 15 is 0 Å². The van der Waals surface area contributed by atoms with Crippen molar-refractivity contribution in [3.63, 3.8) is 0 Å². The predicted octanol–water partition coefficient (Wildman–Crippen LogP) is 4.23. The highest BCUT2D eigenvalue weighted by molar-refractivity contribution is 6.11. The van der Waals surface area contributed by atoms with E-state index in [-0.39, 0.29) is 23.4 Å². The molecule has 0 fully saturated rings. The average molecular weight is 391 g/mol.